The molecule has 4 atom stereocenters. The van der Waals surface area contributed by atoms with Crippen molar-refractivity contribution in [2.24, 2.45) is 11.8 Å². The van der Waals surface area contributed by atoms with Crippen LogP contribution in [-0.4, -0.2) is 151 Å². The zero-order valence-electron chi connectivity index (χ0n) is 47.6. The summed E-state index contributed by atoms with van der Waals surface area (Å²) in [5, 5.41) is 21.3. The number of rotatable bonds is 29. The van der Waals surface area contributed by atoms with Crippen LogP contribution in [0, 0.1) is 11.8 Å². The van der Waals surface area contributed by atoms with Gasteiger partial charge in [0.05, 0.1) is 51.8 Å². The highest BCUT2D eigenvalue weighted by Crippen LogP contribution is 2.24. The number of hydrogen-bond acceptors (Lipinski definition) is 20. The molecule has 0 bridgehead atoms. The van der Waals surface area contributed by atoms with Crippen molar-refractivity contribution in [2.45, 2.75) is 191 Å². The zero-order valence-corrected chi connectivity index (χ0v) is 47.6. The molecule has 0 fully saturated rings. The average Bonchev–Trinajstić information content (AvgIpc) is 3.19. The molecule has 73 heavy (non-hydrogen) atoms. The Morgan fingerprint density at radius 3 is 1.18 bits per heavy atom. The highest BCUT2D eigenvalue weighted by molar-refractivity contribution is 5.88. The van der Waals surface area contributed by atoms with Gasteiger partial charge in [-0.15, -0.1) is 0 Å². The molecule has 20 nitrogen and oxygen atoms in total. The van der Waals surface area contributed by atoms with E-state index in [1.165, 1.54) is 27.7 Å². The molecule has 0 saturated heterocycles. The molecule has 0 heterocycles. The fourth-order valence-electron chi connectivity index (χ4n) is 5.07. The maximum Gasteiger partial charge on any atom is 0.333 e. The van der Waals surface area contributed by atoms with Crippen LogP contribution in [-0.2, 0) is 85.7 Å². The van der Waals surface area contributed by atoms with E-state index in [-0.39, 0.29) is 87.8 Å². The van der Waals surface area contributed by atoms with Gasteiger partial charge in [-0.05, 0) is 109 Å². The van der Waals surface area contributed by atoms with Crippen molar-refractivity contribution in [3.63, 3.8) is 0 Å². The topological polar surface area (TPSA) is 261 Å². The van der Waals surface area contributed by atoms with Crippen molar-refractivity contribution in [3.8, 4) is 0 Å². The molecule has 424 valence electrons. The molecule has 0 aliphatic rings. The van der Waals surface area contributed by atoms with Crippen molar-refractivity contribution < 1.29 is 95.9 Å². The van der Waals surface area contributed by atoms with Crippen LogP contribution in [0.5, 0.6) is 0 Å². The van der Waals surface area contributed by atoms with E-state index in [0.29, 0.717) is 19.1 Å². The van der Waals surface area contributed by atoms with Crippen LogP contribution in [0.25, 0.3) is 0 Å². The van der Waals surface area contributed by atoms with Crippen LogP contribution >= 0.6 is 0 Å². The summed E-state index contributed by atoms with van der Waals surface area (Å²) in [4.78, 5) is 82.4. The van der Waals surface area contributed by atoms with Crippen LogP contribution in [0.3, 0.4) is 0 Å². The second-order valence-electron chi connectivity index (χ2n) is 21.7. The molecule has 0 aromatic heterocycles. The van der Waals surface area contributed by atoms with Gasteiger partial charge >= 0.3 is 41.8 Å². The minimum Gasteiger partial charge on any atom is -0.460 e. The first kappa shape index (κ1) is 72.5. The third-order valence-corrected chi connectivity index (χ3v) is 8.60. The van der Waals surface area contributed by atoms with Gasteiger partial charge in [0.1, 0.15) is 54.6 Å². The third-order valence-electron chi connectivity index (χ3n) is 8.60. The summed E-state index contributed by atoms with van der Waals surface area (Å²) in [6.45, 7) is 42.5. The van der Waals surface area contributed by atoms with Gasteiger partial charge in [0.25, 0.3) is 0 Å². The van der Waals surface area contributed by atoms with Crippen molar-refractivity contribution in [2.75, 3.05) is 59.6 Å². The van der Waals surface area contributed by atoms with Gasteiger partial charge in [-0.3, -0.25) is 19.2 Å². The number of aliphatic hydroxyl groups is 2. The SMILES string of the molecule is C=C(C)C(=O)OCC(COCC)(CC(=O)OC(C)(C)C)OC(C)=O.C=C(C)C(=O)OCC(O)(COC(C)C(C)C)CC(=O)OC(C)(C)C.C=C(C)C(=O)OCC(O)(COCOCC(C)C)CC(=O)OC(C)(C)C. The number of carbonyl (C=O) groups is 7. The first-order valence-electron chi connectivity index (χ1n) is 24.1. The van der Waals surface area contributed by atoms with E-state index in [2.05, 4.69) is 19.7 Å². The predicted octanol–water partition coefficient (Wildman–Crippen LogP) is 7.02. The Morgan fingerprint density at radius 1 is 0.479 bits per heavy atom. The van der Waals surface area contributed by atoms with Crippen LogP contribution in [0.2, 0.25) is 0 Å². The van der Waals surface area contributed by atoms with Gasteiger partial charge in [-0.25, -0.2) is 14.4 Å². The molecule has 0 amide bonds. The molecule has 0 spiro atoms. The zero-order chi connectivity index (χ0) is 57.8. The minimum atomic E-state index is -1.71. The summed E-state index contributed by atoms with van der Waals surface area (Å²) < 4.78 is 57.6. The van der Waals surface area contributed by atoms with E-state index in [0.717, 1.165) is 0 Å². The summed E-state index contributed by atoms with van der Waals surface area (Å²) in [5.74, 6) is -3.75. The normalized spacial score (nSPS) is 14.4. The maximum absolute atomic E-state index is 12.2. The van der Waals surface area contributed by atoms with Gasteiger partial charge in [0.15, 0.2) is 5.60 Å². The van der Waals surface area contributed by atoms with Crippen molar-refractivity contribution >= 4 is 41.8 Å². The van der Waals surface area contributed by atoms with Gasteiger partial charge in [0.2, 0.25) is 0 Å². The quantitative estimate of drug-likeness (QED) is 0.0251. The second kappa shape index (κ2) is 34.0. The fourth-order valence-corrected chi connectivity index (χ4v) is 5.07. The molecule has 0 saturated carbocycles. The Kier molecular flexibility index (Phi) is 33.7. The molecule has 2 N–H and O–H groups in total. The lowest BCUT2D eigenvalue weighted by atomic mass is 10.0. The summed E-state index contributed by atoms with van der Waals surface area (Å²) in [5.41, 5.74) is -6.27. The average molecular weight is 1050 g/mol. The van der Waals surface area contributed by atoms with E-state index in [1.807, 2.05) is 34.6 Å². The van der Waals surface area contributed by atoms with Crippen LogP contribution in [0.1, 0.15) is 151 Å². The fraction of sp³-hybridized carbons (Fsp3) is 0.755. The Morgan fingerprint density at radius 2 is 0.849 bits per heavy atom. The predicted molar refractivity (Wildman–Crippen MR) is 271 cm³/mol. The first-order valence-corrected chi connectivity index (χ1v) is 24.1. The van der Waals surface area contributed by atoms with E-state index >= 15 is 0 Å². The molecule has 4 unspecified atom stereocenters. The van der Waals surface area contributed by atoms with Crippen LogP contribution < -0.4 is 0 Å². The lowest BCUT2D eigenvalue weighted by Crippen LogP contribution is -2.47. The Balaban J connectivity index is -0.00000101. The monoisotopic (exact) mass is 1050 g/mol. The molecule has 0 aliphatic heterocycles. The molecular formula is C53H92O20. The number of carbonyl (C=O) groups excluding carboxylic acids is 7. The smallest absolute Gasteiger partial charge is 0.333 e. The largest absolute Gasteiger partial charge is 0.460 e. The highest BCUT2D eigenvalue weighted by atomic mass is 16.7. The standard InChI is InChI=1S/C18H32O7.C18H32O6.C17H28O7/c1-13(2)9-22-12-23-10-18(21,11-24-16(20)14(3)4)8-15(19)25-17(5,6)7;1-12(2)14(5)22-10-18(21,11-23-16(20)13(3)4)9-15(19)24-17(6,7)8;1-8-21-10-17(23-13(4)18,11-22-15(20)12(2)3)9-14(19)24-16(5,6)7/h13,21H,3,8-12H2,1-2,4-7H3;12,14,21H,3,9-11H2,1-2,4-8H3;2,8-11H2,1,3-7H3. The molecule has 0 aromatic carbocycles. The van der Waals surface area contributed by atoms with Gasteiger partial charge in [-0.2, -0.15) is 0 Å². The van der Waals surface area contributed by atoms with Crippen molar-refractivity contribution in [1.82, 2.24) is 0 Å². The lowest BCUT2D eigenvalue weighted by Gasteiger charge is -2.32. The lowest BCUT2D eigenvalue weighted by molar-refractivity contribution is -0.187. The molecule has 0 aliphatic carbocycles. The van der Waals surface area contributed by atoms with Gasteiger partial charge in [-0.1, -0.05) is 47.4 Å². The van der Waals surface area contributed by atoms with Crippen LogP contribution in [0.15, 0.2) is 36.5 Å². The van der Waals surface area contributed by atoms with Crippen LogP contribution in [0.4, 0.5) is 0 Å². The molecular weight excluding hydrogens is 957 g/mol. The number of ether oxygens (including phenoxy) is 11. The number of esters is 7. The van der Waals surface area contributed by atoms with Crippen molar-refractivity contribution in [3.05, 3.63) is 36.5 Å². The van der Waals surface area contributed by atoms with E-state index in [4.69, 9.17) is 52.1 Å². The number of hydrogen-bond donors (Lipinski definition) is 2. The van der Waals surface area contributed by atoms with E-state index in [9.17, 15) is 43.8 Å². The Bertz CT molecular complexity index is 1780. The third kappa shape index (κ3) is 40.4. The highest BCUT2D eigenvalue weighted by Gasteiger charge is 2.41. The van der Waals surface area contributed by atoms with Gasteiger partial charge in [0, 0.05) is 30.2 Å². The summed E-state index contributed by atoms with van der Waals surface area (Å²) >= 11 is 0. The Labute approximate surface area is 435 Å². The minimum absolute atomic E-state index is 0.0385. The second-order valence-corrected chi connectivity index (χ2v) is 21.7. The van der Waals surface area contributed by atoms with Crippen molar-refractivity contribution in [1.29, 1.82) is 0 Å². The maximum atomic E-state index is 12.2. The summed E-state index contributed by atoms with van der Waals surface area (Å²) in [6.07, 6.45) is -1.13. The first-order chi connectivity index (χ1) is 33.0. The molecule has 20 heteroatoms. The van der Waals surface area contributed by atoms with Gasteiger partial charge < -0.3 is 62.3 Å². The van der Waals surface area contributed by atoms with E-state index < -0.39 is 82.0 Å². The summed E-state index contributed by atoms with van der Waals surface area (Å²) in [7, 11) is 0. The molecule has 0 radical (unpaired) electrons. The van der Waals surface area contributed by atoms with E-state index in [1.54, 1.807) is 69.2 Å². The molecule has 0 aromatic rings. The molecule has 0 rings (SSSR count). The summed E-state index contributed by atoms with van der Waals surface area (Å²) in [6, 6.07) is 0. The Hall–Kier alpha value is -4.73.